The summed E-state index contributed by atoms with van der Waals surface area (Å²) in [6.45, 7) is 3.43. The number of methoxy groups -OCH3 is 1. The van der Waals surface area contributed by atoms with Crippen molar-refractivity contribution in [3.05, 3.63) is 34.9 Å². The van der Waals surface area contributed by atoms with Gasteiger partial charge in [-0.2, -0.15) is 0 Å². The van der Waals surface area contributed by atoms with Gasteiger partial charge in [-0.1, -0.05) is 23.7 Å². The first kappa shape index (κ1) is 18.0. The number of nitrogens with one attached hydrogen (secondary N) is 1. The number of likely N-dealkylation sites (tertiary alicyclic amines) is 1. The van der Waals surface area contributed by atoms with E-state index < -0.39 is 5.60 Å². The number of nitrogens with zero attached hydrogens (tertiary/aromatic N) is 1. The van der Waals surface area contributed by atoms with Crippen LogP contribution in [0.25, 0.3) is 0 Å². The number of urea groups is 1. The highest BCUT2D eigenvalue weighted by Crippen LogP contribution is 2.22. The van der Waals surface area contributed by atoms with Crippen molar-refractivity contribution in [1.82, 2.24) is 10.2 Å². The van der Waals surface area contributed by atoms with Crippen molar-refractivity contribution in [3.63, 3.8) is 0 Å². The van der Waals surface area contributed by atoms with Gasteiger partial charge in [0, 0.05) is 25.2 Å². The third kappa shape index (κ3) is 5.37. The lowest BCUT2D eigenvalue weighted by Gasteiger charge is -2.26. The van der Waals surface area contributed by atoms with Crippen molar-refractivity contribution < 1.29 is 14.6 Å². The molecule has 0 aromatic heterocycles. The predicted octanol–water partition coefficient (Wildman–Crippen LogP) is 2.97. The molecule has 128 valence electrons. The van der Waals surface area contributed by atoms with Gasteiger partial charge in [0.05, 0.1) is 18.2 Å². The first-order valence-corrected chi connectivity index (χ1v) is 8.31. The number of aliphatic hydroxyl groups is 1. The monoisotopic (exact) mass is 340 g/mol. The van der Waals surface area contributed by atoms with Crippen LogP contribution in [0.15, 0.2) is 24.3 Å². The van der Waals surface area contributed by atoms with E-state index >= 15 is 0 Å². The summed E-state index contributed by atoms with van der Waals surface area (Å²) >= 11 is 5.92. The van der Waals surface area contributed by atoms with Crippen molar-refractivity contribution in [2.75, 3.05) is 26.8 Å². The summed E-state index contributed by atoms with van der Waals surface area (Å²) < 4.78 is 5.23. The number of ether oxygens (including phenoxy) is 1. The van der Waals surface area contributed by atoms with Crippen LogP contribution in [0.2, 0.25) is 5.02 Å². The molecule has 2 amide bonds. The highest BCUT2D eigenvalue weighted by Gasteiger charge is 2.28. The Morgan fingerprint density at radius 2 is 2.09 bits per heavy atom. The van der Waals surface area contributed by atoms with E-state index in [9.17, 15) is 9.90 Å². The quantitative estimate of drug-likeness (QED) is 0.885. The molecule has 1 saturated heterocycles. The highest BCUT2D eigenvalue weighted by molar-refractivity contribution is 6.30. The summed E-state index contributed by atoms with van der Waals surface area (Å²) in [6.07, 6.45) is 2.11. The number of halogens is 1. The maximum absolute atomic E-state index is 12.5. The molecule has 1 aliphatic rings. The lowest BCUT2D eigenvalue weighted by molar-refractivity contribution is 0.0456. The number of amides is 2. The zero-order chi connectivity index (χ0) is 16.9. The van der Waals surface area contributed by atoms with Crippen molar-refractivity contribution in [2.24, 2.45) is 0 Å². The number of benzene rings is 1. The van der Waals surface area contributed by atoms with E-state index in [2.05, 4.69) is 5.32 Å². The van der Waals surface area contributed by atoms with E-state index in [1.54, 1.807) is 24.1 Å². The van der Waals surface area contributed by atoms with Crippen LogP contribution in [0.4, 0.5) is 4.79 Å². The molecule has 23 heavy (non-hydrogen) atoms. The maximum atomic E-state index is 12.5. The van der Waals surface area contributed by atoms with E-state index in [1.807, 2.05) is 19.1 Å². The minimum atomic E-state index is -0.683. The first-order valence-electron chi connectivity index (χ1n) is 7.93. The molecule has 2 N–H and O–H groups in total. The number of carbonyl (C=O) groups excluding carboxylic acids is 1. The molecule has 6 heteroatoms. The first-order chi connectivity index (χ1) is 10.9. The van der Waals surface area contributed by atoms with Gasteiger partial charge in [-0.15, -0.1) is 0 Å². The van der Waals surface area contributed by atoms with Crippen LogP contribution in [-0.4, -0.2) is 48.4 Å². The van der Waals surface area contributed by atoms with Crippen LogP contribution in [0.1, 0.15) is 37.8 Å². The zero-order valence-corrected chi connectivity index (χ0v) is 14.5. The summed E-state index contributed by atoms with van der Waals surface area (Å²) in [5.74, 6) is 0. The molecule has 1 aromatic carbocycles. The molecule has 2 atom stereocenters. The smallest absolute Gasteiger partial charge is 0.317 e. The molecule has 5 nitrogen and oxygen atoms in total. The molecular formula is C17H25ClN2O3. The van der Waals surface area contributed by atoms with Gasteiger partial charge in [0.2, 0.25) is 0 Å². The molecule has 0 bridgehead atoms. The predicted molar refractivity (Wildman–Crippen MR) is 90.6 cm³/mol. The highest BCUT2D eigenvalue weighted by atomic mass is 35.5. The lowest BCUT2D eigenvalue weighted by atomic mass is 9.98. The molecule has 2 rings (SSSR count). The molecule has 1 fully saturated rings. The van der Waals surface area contributed by atoms with Gasteiger partial charge in [0.1, 0.15) is 0 Å². The third-order valence-corrected chi connectivity index (χ3v) is 4.51. The van der Waals surface area contributed by atoms with Crippen LogP contribution < -0.4 is 5.32 Å². The van der Waals surface area contributed by atoms with Gasteiger partial charge in [0.15, 0.2) is 0 Å². The van der Waals surface area contributed by atoms with Crippen LogP contribution in [0, 0.1) is 0 Å². The van der Waals surface area contributed by atoms with Crippen molar-refractivity contribution in [3.8, 4) is 0 Å². The minimum Gasteiger partial charge on any atom is -0.390 e. The van der Waals surface area contributed by atoms with Crippen molar-refractivity contribution in [1.29, 1.82) is 0 Å². The SMILES string of the molecule is COCC(NC(=O)N1CCCC(C)(O)CC1)c1ccc(Cl)cc1. The minimum absolute atomic E-state index is 0.125. The van der Waals surface area contributed by atoms with Gasteiger partial charge in [-0.3, -0.25) is 0 Å². The molecule has 0 aliphatic carbocycles. The van der Waals surface area contributed by atoms with E-state index in [4.69, 9.17) is 16.3 Å². The largest absolute Gasteiger partial charge is 0.390 e. The van der Waals surface area contributed by atoms with E-state index in [0.717, 1.165) is 18.4 Å². The van der Waals surface area contributed by atoms with Crippen LogP contribution in [0.5, 0.6) is 0 Å². The van der Waals surface area contributed by atoms with E-state index in [-0.39, 0.29) is 12.1 Å². The van der Waals surface area contributed by atoms with Crippen LogP contribution in [0.3, 0.4) is 0 Å². The molecule has 1 aliphatic heterocycles. The molecule has 0 saturated carbocycles. The number of hydrogen-bond donors (Lipinski definition) is 2. The second-order valence-electron chi connectivity index (χ2n) is 6.35. The fourth-order valence-electron chi connectivity index (χ4n) is 2.79. The number of hydrogen-bond acceptors (Lipinski definition) is 3. The normalized spacial score (nSPS) is 23.2. The summed E-state index contributed by atoms with van der Waals surface area (Å²) in [6, 6.07) is 7.02. The average molecular weight is 341 g/mol. The molecule has 1 heterocycles. The Morgan fingerprint density at radius 1 is 1.39 bits per heavy atom. The zero-order valence-electron chi connectivity index (χ0n) is 13.7. The Hall–Kier alpha value is -1.30. The van der Waals surface area contributed by atoms with Gasteiger partial charge < -0.3 is 20.1 Å². The van der Waals surface area contributed by atoms with Crippen LogP contribution in [-0.2, 0) is 4.74 Å². The fourth-order valence-corrected chi connectivity index (χ4v) is 2.92. The molecule has 0 radical (unpaired) electrons. The second-order valence-corrected chi connectivity index (χ2v) is 6.78. The Kier molecular flexibility index (Phi) is 6.27. The van der Waals surface area contributed by atoms with E-state index in [1.165, 1.54) is 0 Å². The average Bonchev–Trinajstić information content (AvgIpc) is 2.68. The standard InChI is InChI=1S/C17H25ClN2O3/c1-17(22)8-3-10-20(11-9-17)16(21)19-15(12-23-2)13-4-6-14(18)7-5-13/h4-7,15,22H,3,8-12H2,1-2H3,(H,19,21). The second kappa shape index (κ2) is 7.99. The number of rotatable bonds is 4. The van der Waals surface area contributed by atoms with Gasteiger partial charge in [-0.25, -0.2) is 4.79 Å². The van der Waals surface area contributed by atoms with Crippen molar-refractivity contribution >= 4 is 17.6 Å². The Bertz CT molecular complexity index is 519. The molecule has 0 spiro atoms. The Morgan fingerprint density at radius 3 is 2.74 bits per heavy atom. The maximum Gasteiger partial charge on any atom is 0.317 e. The van der Waals surface area contributed by atoms with Crippen molar-refractivity contribution in [2.45, 2.75) is 37.8 Å². The van der Waals surface area contributed by atoms with Gasteiger partial charge in [-0.05, 0) is 43.9 Å². The third-order valence-electron chi connectivity index (χ3n) is 4.25. The molecule has 2 unspecified atom stereocenters. The fraction of sp³-hybridized carbons (Fsp3) is 0.588. The van der Waals surface area contributed by atoms with Crippen LogP contribution >= 0.6 is 11.6 Å². The number of carbonyl (C=O) groups is 1. The summed E-state index contributed by atoms with van der Waals surface area (Å²) in [5.41, 5.74) is 0.267. The lowest BCUT2D eigenvalue weighted by Crippen LogP contribution is -2.43. The Labute approximate surface area is 142 Å². The summed E-state index contributed by atoms with van der Waals surface area (Å²) in [4.78, 5) is 14.3. The summed E-state index contributed by atoms with van der Waals surface area (Å²) in [7, 11) is 1.61. The molecular weight excluding hydrogens is 316 g/mol. The van der Waals surface area contributed by atoms with Gasteiger partial charge in [0.25, 0.3) is 0 Å². The Balaban J connectivity index is 2.01. The topological polar surface area (TPSA) is 61.8 Å². The molecule has 1 aromatic rings. The van der Waals surface area contributed by atoms with Gasteiger partial charge >= 0.3 is 6.03 Å². The van der Waals surface area contributed by atoms with E-state index in [0.29, 0.717) is 31.1 Å². The summed E-state index contributed by atoms with van der Waals surface area (Å²) in [5, 5.41) is 13.8.